The van der Waals surface area contributed by atoms with Gasteiger partial charge in [-0.15, -0.1) is 0 Å². The van der Waals surface area contributed by atoms with Crippen molar-refractivity contribution in [2.75, 3.05) is 28.4 Å². The minimum Gasteiger partial charge on any atom is -0.496 e. The van der Waals surface area contributed by atoms with Crippen molar-refractivity contribution in [1.29, 1.82) is 0 Å². The van der Waals surface area contributed by atoms with Gasteiger partial charge in [-0.1, -0.05) is 55.4 Å². The number of halogens is 7. The highest BCUT2D eigenvalue weighted by Crippen LogP contribution is 2.56. The van der Waals surface area contributed by atoms with Crippen LogP contribution in [0.3, 0.4) is 0 Å². The summed E-state index contributed by atoms with van der Waals surface area (Å²) in [6, 6.07) is 11.0. The van der Waals surface area contributed by atoms with Gasteiger partial charge in [-0.05, 0) is 172 Å². The van der Waals surface area contributed by atoms with Crippen LogP contribution in [0.2, 0.25) is 0 Å². The molecule has 0 radical (unpaired) electrons. The van der Waals surface area contributed by atoms with Crippen molar-refractivity contribution in [3.8, 4) is 5.75 Å². The van der Waals surface area contributed by atoms with Crippen molar-refractivity contribution in [3.05, 3.63) is 106 Å². The summed E-state index contributed by atoms with van der Waals surface area (Å²) in [5, 5.41) is 11.2. The summed E-state index contributed by atoms with van der Waals surface area (Å²) in [6.45, 7) is 50.2. The largest absolute Gasteiger partial charge is 0.496 e. The second kappa shape index (κ2) is 27.8. The molecule has 0 spiro atoms. The number of hydrogen-bond acceptors (Lipinski definition) is 9. The maximum Gasteiger partial charge on any atom is 0.281 e. The van der Waals surface area contributed by atoms with Crippen molar-refractivity contribution in [1.82, 2.24) is 38.2 Å². The first-order chi connectivity index (χ1) is 48.3. The zero-order valence-electron chi connectivity index (χ0n) is 62.0. The number of rotatable bonds is 14. The summed E-state index contributed by atoms with van der Waals surface area (Å²) < 4.78 is 110. The standard InChI is InChI=1S/C20H25FN4O.C20H26N4O2.C19H21FN4O.C18H20F5N3O/c1-12(19(2,3)4)17(26)24-18-23-16-14(21)10-13(22-6)11-15(16)25(18)20(5)8-7-9-20;1-19(2,3)12-16(25)22-18-23-17-14(24(18)20(4)8-7-9-20)10-13(21-5)11-15(17)26-6;1-18(7-8-18)11-15(25)22-17-23-16-13(20)9-12(21-3)10-14(16)24(17)19(2)5-4-6-19;1-16(2,3)26-12-7-10(19)6-11(20)14(12)25-15(26)24-13(27)5-9-8-18(22,23)17(9,4)21/h10-12H,7-9H2,1-5H3,(H,23,24,26);10-11H,7-9,12H2,1-4,6H3,(H,22,23,25);9-10H,4-8,11H2,1-2H3,(H,22,23,25);6-7,9H,5,8H2,1-4H3,(H,24,25,27). The number of alkyl halides is 3. The molecule has 0 bridgehead atoms. The molecule has 8 aromatic rings. The molecule has 5 aliphatic carbocycles. The highest BCUT2D eigenvalue weighted by molar-refractivity contribution is 5.97. The summed E-state index contributed by atoms with van der Waals surface area (Å²) in [6.07, 6.45) is 10.9. The maximum atomic E-state index is 14.5. The van der Waals surface area contributed by atoms with Gasteiger partial charge in [0.1, 0.15) is 45.3 Å². The number of methoxy groups -OCH3 is 1. The molecule has 5 saturated carbocycles. The molecule has 5 fully saturated rings. The molecule has 4 aromatic heterocycles. The van der Waals surface area contributed by atoms with E-state index >= 15 is 0 Å². The Morgan fingerprint density at radius 2 is 0.952 bits per heavy atom. The topological polar surface area (TPSA) is 210 Å². The lowest BCUT2D eigenvalue weighted by Crippen LogP contribution is -2.60. The number of anilines is 4. The third-order valence-electron chi connectivity index (χ3n) is 21.5. The number of nitrogens with zero attached hydrogens (tertiary/aromatic N) is 11. The fraction of sp³-hybridized carbons (Fsp3) is 0.545. The molecule has 20 nitrogen and oxygen atoms in total. The second-order valence-corrected chi connectivity index (χ2v) is 33.3. The highest BCUT2D eigenvalue weighted by atomic mass is 19.3. The molecular formula is C77H92F7N15O5. The van der Waals surface area contributed by atoms with Gasteiger partial charge in [-0.25, -0.2) is 65.2 Å². The van der Waals surface area contributed by atoms with Gasteiger partial charge in [0, 0.05) is 71.8 Å². The molecule has 4 heterocycles. The zero-order valence-corrected chi connectivity index (χ0v) is 62.0. The van der Waals surface area contributed by atoms with Gasteiger partial charge in [-0.3, -0.25) is 40.4 Å². The maximum absolute atomic E-state index is 14.5. The van der Waals surface area contributed by atoms with E-state index < -0.39 is 65.1 Å². The summed E-state index contributed by atoms with van der Waals surface area (Å²) >= 11 is 0. The molecule has 0 aliphatic heterocycles. The van der Waals surface area contributed by atoms with Gasteiger partial charge in [0.15, 0.2) is 28.5 Å². The monoisotopic (exact) mass is 1440 g/mol. The number of ether oxygens (including phenoxy) is 1. The number of hydrogen-bond donors (Lipinski definition) is 4. The fourth-order valence-electron chi connectivity index (χ4n) is 14.0. The number of fused-ring (bicyclic) bond motifs is 4. The molecule has 4 N–H and O–H groups in total. The van der Waals surface area contributed by atoms with Crippen LogP contribution >= 0.6 is 0 Å². The number of nitrogens with one attached hydrogen (secondary N) is 4. The molecule has 27 heteroatoms. The Kier molecular flexibility index (Phi) is 20.6. The smallest absolute Gasteiger partial charge is 0.281 e. The van der Waals surface area contributed by atoms with Gasteiger partial charge in [0.25, 0.3) is 5.92 Å². The van der Waals surface area contributed by atoms with Crippen LogP contribution in [0.1, 0.15) is 200 Å². The first-order valence-corrected chi connectivity index (χ1v) is 35.1. The Hall–Kier alpha value is -9.58. The number of imidazole rings is 4. The van der Waals surface area contributed by atoms with Crippen molar-refractivity contribution in [3.63, 3.8) is 0 Å². The second-order valence-electron chi connectivity index (χ2n) is 33.3. The van der Waals surface area contributed by atoms with Crippen molar-refractivity contribution >= 4 is 109 Å². The lowest BCUT2D eigenvalue weighted by atomic mass is 9.67. The predicted octanol–water partition coefficient (Wildman–Crippen LogP) is 19.7. The average Bonchev–Trinajstić information content (AvgIpc) is 0.929. The first-order valence-electron chi connectivity index (χ1n) is 35.1. The van der Waals surface area contributed by atoms with Gasteiger partial charge >= 0.3 is 0 Å². The van der Waals surface area contributed by atoms with Gasteiger partial charge in [0.2, 0.25) is 47.4 Å². The first kappa shape index (κ1) is 77.0. The van der Waals surface area contributed by atoms with Crippen LogP contribution < -0.4 is 26.0 Å². The molecule has 5 aliphatic rings. The summed E-state index contributed by atoms with van der Waals surface area (Å²) in [7, 11) is 1.57. The van der Waals surface area contributed by atoms with Crippen molar-refractivity contribution in [2.45, 2.75) is 234 Å². The Morgan fingerprint density at radius 1 is 0.548 bits per heavy atom. The van der Waals surface area contributed by atoms with Crippen LogP contribution in [0.25, 0.3) is 58.7 Å². The van der Waals surface area contributed by atoms with E-state index in [2.05, 4.69) is 88.0 Å². The number of carbonyl (C=O) groups excluding carboxylic acids is 4. The van der Waals surface area contributed by atoms with Crippen LogP contribution in [-0.4, -0.2) is 80.5 Å². The molecule has 554 valence electrons. The number of benzene rings is 4. The van der Waals surface area contributed by atoms with E-state index in [1.807, 2.05) is 63.7 Å². The molecule has 3 atom stereocenters. The van der Waals surface area contributed by atoms with E-state index in [0.717, 1.165) is 89.1 Å². The third-order valence-corrected chi connectivity index (χ3v) is 21.5. The third kappa shape index (κ3) is 15.5. The Morgan fingerprint density at radius 3 is 1.35 bits per heavy atom. The summed E-state index contributed by atoms with van der Waals surface area (Å²) in [5.74, 6) is -6.75. The number of amides is 4. The Bertz CT molecular complexity index is 4850. The van der Waals surface area contributed by atoms with Crippen LogP contribution in [0, 0.1) is 71.1 Å². The summed E-state index contributed by atoms with van der Waals surface area (Å²) in [5.41, 5.74) is -0.105. The fourth-order valence-corrected chi connectivity index (χ4v) is 14.0. The Balaban J connectivity index is 0.000000149. The van der Waals surface area contributed by atoms with Crippen molar-refractivity contribution < 1.29 is 54.6 Å². The van der Waals surface area contributed by atoms with E-state index in [1.54, 1.807) is 46.1 Å². The quantitative estimate of drug-likeness (QED) is 0.0602. The van der Waals surface area contributed by atoms with E-state index in [0.29, 0.717) is 64.7 Å². The van der Waals surface area contributed by atoms with E-state index in [9.17, 15) is 49.9 Å². The van der Waals surface area contributed by atoms with Crippen LogP contribution in [0.4, 0.5) is 71.6 Å². The van der Waals surface area contributed by atoms with E-state index in [1.165, 1.54) is 16.7 Å². The highest BCUT2D eigenvalue weighted by Gasteiger charge is 2.67. The van der Waals surface area contributed by atoms with Crippen molar-refractivity contribution in [2.24, 2.45) is 28.1 Å². The molecular weight excluding hydrogens is 1350 g/mol. The molecule has 4 amide bonds. The van der Waals surface area contributed by atoms with Gasteiger partial charge in [0.05, 0.1) is 48.9 Å². The zero-order chi connectivity index (χ0) is 76.6. The molecule has 3 unspecified atom stereocenters. The average molecular weight is 1440 g/mol. The molecule has 13 rings (SSSR count). The lowest BCUT2D eigenvalue weighted by Gasteiger charge is -2.47. The van der Waals surface area contributed by atoms with Crippen LogP contribution in [-0.2, 0) is 41.3 Å². The van der Waals surface area contributed by atoms with E-state index in [4.69, 9.17) is 24.5 Å². The minimum absolute atomic E-state index is 0.0543. The molecule has 4 aromatic carbocycles. The number of carbonyl (C=O) groups is 4. The van der Waals surface area contributed by atoms with E-state index in [-0.39, 0.29) is 95.9 Å². The minimum atomic E-state index is -3.46. The molecule has 0 saturated heterocycles. The summed E-state index contributed by atoms with van der Waals surface area (Å²) in [4.78, 5) is 77.7. The van der Waals surface area contributed by atoms with Gasteiger partial charge < -0.3 is 23.0 Å². The van der Waals surface area contributed by atoms with Crippen LogP contribution in [0.5, 0.6) is 5.75 Å². The number of aromatic nitrogens is 8. The predicted molar refractivity (Wildman–Crippen MR) is 388 cm³/mol. The van der Waals surface area contributed by atoms with Crippen LogP contribution in [0.15, 0.2) is 48.5 Å². The SMILES string of the molecule is CC(C)(C)n1c(NC(=O)CC2CC(F)(F)C2(C)F)nc2c(F)cc(F)cc21.[C-]#[N+]c1cc(F)c2nc(NC(=O)C(C)C(C)(C)C)n(C3(C)CCC3)c2c1.[C-]#[N+]c1cc(F)c2nc(NC(=O)CC3(C)CC3)n(C3(C)CCC3)c2c1.[C-]#[N+]c1cc(OC)c2nc(NC(=O)CC(C)(C)C)n(C3(C)CCC3)c2c1. The van der Waals surface area contributed by atoms with Gasteiger partial charge in [-0.2, -0.15) is 0 Å². The normalized spacial score (nSPS) is 19.6. The Labute approximate surface area is 601 Å². The molecule has 104 heavy (non-hydrogen) atoms. The lowest BCUT2D eigenvalue weighted by molar-refractivity contribution is -0.242.